The minimum atomic E-state index is -0.620. The molecule has 20 heavy (non-hydrogen) atoms. The second-order valence-electron chi connectivity index (χ2n) is 5.39. The highest BCUT2D eigenvalue weighted by Crippen LogP contribution is 2.19. The highest BCUT2D eigenvalue weighted by atomic mass is 32.2. The molecule has 0 spiro atoms. The van der Waals surface area contributed by atoms with Gasteiger partial charge in [0.05, 0.1) is 11.0 Å². The fourth-order valence-electron chi connectivity index (χ4n) is 2.73. The van der Waals surface area contributed by atoms with E-state index in [2.05, 4.69) is 22.2 Å². The van der Waals surface area contributed by atoms with Crippen molar-refractivity contribution in [3.05, 3.63) is 34.2 Å². The molecule has 1 atom stereocenters. The molecule has 108 valence electrons. The number of H-pyrrole nitrogens is 2. The van der Waals surface area contributed by atoms with Crippen LogP contribution in [-0.4, -0.2) is 31.7 Å². The van der Waals surface area contributed by atoms with E-state index in [9.17, 15) is 9.00 Å². The van der Waals surface area contributed by atoms with Gasteiger partial charge in [-0.25, -0.2) is 4.79 Å². The highest BCUT2D eigenvalue weighted by Gasteiger charge is 2.19. The van der Waals surface area contributed by atoms with E-state index in [1.54, 1.807) is 0 Å². The number of fused-ring (bicyclic) bond motifs is 1. The Balaban J connectivity index is 1.73. The quantitative estimate of drug-likeness (QED) is 0.801. The number of benzene rings is 1. The van der Waals surface area contributed by atoms with Crippen LogP contribution in [0.2, 0.25) is 0 Å². The summed E-state index contributed by atoms with van der Waals surface area (Å²) in [6.45, 7) is 2.12. The van der Waals surface area contributed by atoms with Gasteiger partial charge in [-0.05, 0) is 37.5 Å². The largest absolute Gasteiger partial charge is 0.323 e. The summed E-state index contributed by atoms with van der Waals surface area (Å²) in [6.07, 6.45) is 1.94. The fourth-order valence-corrected chi connectivity index (χ4v) is 4.03. The summed E-state index contributed by atoms with van der Waals surface area (Å²) in [4.78, 5) is 16.8. The van der Waals surface area contributed by atoms with Gasteiger partial charge in [-0.2, -0.15) is 0 Å². The molecule has 0 bridgehead atoms. The maximum Gasteiger partial charge on any atom is 0.323 e. The summed E-state index contributed by atoms with van der Waals surface area (Å²) < 4.78 is 11.4. The molecule has 1 fully saturated rings. The van der Waals surface area contributed by atoms with Gasteiger partial charge < -0.3 is 15.3 Å². The zero-order valence-electron chi connectivity index (χ0n) is 11.4. The van der Waals surface area contributed by atoms with Crippen LogP contribution in [0.25, 0.3) is 11.0 Å². The van der Waals surface area contributed by atoms with Crippen molar-refractivity contribution in [2.45, 2.75) is 31.8 Å². The zero-order chi connectivity index (χ0) is 14.1. The Hall–Kier alpha value is -1.40. The molecule has 3 rings (SSSR count). The van der Waals surface area contributed by atoms with E-state index in [-0.39, 0.29) is 11.7 Å². The van der Waals surface area contributed by atoms with Crippen LogP contribution in [0, 0.1) is 0 Å². The molecule has 1 aromatic carbocycles. The van der Waals surface area contributed by atoms with Gasteiger partial charge in [0.1, 0.15) is 0 Å². The molecular weight excluding hydrogens is 274 g/mol. The SMILES string of the molecule is CC(NC1CCS(=O)CC1)c1ccc2[nH]c(=O)[nH]c2c1. The summed E-state index contributed by atoms with van der Waals surface area (Å²) >= 11 is 0. The first-order valence-corrected chi connectivity index (χ1v) is 8.43. The van der Waals surface area contributed by atoms with Crippen LogP contribution in [-0.2, 0) is 10.8 Å². The topological polar surface area (TPSA) is 77.8 Å². The third kappa shape index (κ3) is 2.86. The van der Waals surface area contributed by atoms with Gasteiger partial charge in [0.2, 0.25) is 0 Å². The molecule has 2 aromatic rings. The molecule has 0 aliphatic carbocycles. The average molecular weight is 293 g/mol. The van der Waals surface area contributed by atoms with Crippen LogP contribution in [0.1, 0.15) is 31.4 Å². The van der Waals surface area contributed by atoms with Crippen molar-refractivity contribution in [3.63, 3.8) is 0 Å². The zero-order valence-corrected chi connectivity index (χ0v) is 12.3. The molecule has 6 heteroatoms. The summed E-state index contributed by atoms with van der Waals surface area (Å²) in [5.41, 5.74) is 2.65. The van der Waals surface area contributed by atoms with E-state index in [0.29, 0.717) is 6.04 Å². The molecule has 0 radical (unpaired) electrons. The first-order valence-electron chi connectivity index (χ1n) is 6.95. The third-order valence-electron chi connectivity index (χ3n) is 3.91. The van der Waals surface area contributed by atoms with Crippen LogP contribution < -0.4 is 11.0 Å². The molecule has 5 nitrogen and oxygen atoms in total. The van der Waals surface area contributed by atoms with Crippen molar-refractivity contribution in [3.8, 4) is 0 Å². The molecular formula is C14H19N3O2S. The number of hydrogen-bond acceptors (Lipinski definition) is 3. The van der Waals surface area contributed by atoms with Gasteiger partial charge in [-0.15, -0.1) is 0 Å². The van der Waals surface area contributed by atoms with E-state index in [0.717, 1.165) is 40.9 Å². The standard InChI is InChI=1S/C14H19N3O2S/c1-9(15-11-4-6-20(19)7-5-11)10-2-3-12-13(8-10)17-14(18)16-12/h2-3,8-9,11,15H,4-7H2,1H3,(H2,16,17,18). The first kappa shape index (κ1) is 13.6. The van der Waals surface area contributed by atoms with Crippen LogP contribution >= 0.6 is 0 Å². The highest BCUT2D eigenvalue weighted by molar-refractivity contribution is 7.85. The van der Waals surface area contributed by atoms with Gasteiger partial charge in [0, 0.05) is 34.4 Å². The number of hydrogen-bond donors (Lipinski definition) is 3. The molecule has 0 amide bonds. The van der Waals surface area contributed by atoms with Gasteiger partial charge >= 0.3 is 5.69 Å². The molecule has 1 saturated heterocycles. The molecule has 2 heterocycles. The summed E-state index contributed by atoms with van der Waals surface area (Å²) in [7, 11) is -0.620. The molecule has 0 saturated carbocycles. The van der Waals surface area contributed by atoms with Crippen LogP contribution in [0.5, 0.6) is 0 Å². The normalized spacial score (nSPS) is 24.9. The summed E-state index contributed by atoms with van der Waals surface area (Å²) in [5, 5.41) is 3.59. The Morgan fingerprint density at radius 1 is 1.25 bits per heavy atom. The fraction of sp³-hybridized carbons (Fsp3) is 0.500. The summed E-state index contributed by atoms with van der Waals surface area (Å²) in [5.74, 6) is 1.60. The number of nitrogens with one attached hydrogen (secondary N) is 3. The Bertz CT molecular complexity index is 681. The van der Waals surface area contributed by atoms with Gasteiger partial charge in [0.15, 0.2) is 0 Å². The lowest BCUT2D eigenvalue weighted by Crippen LogP contribution is -2.37. The number of aromatic nitrogens is 2. The van der Waals surface area contributed by atoms with Crippen LogP contribution in [0.15, 0.2) is 23.0 Å². The lowest BCUT2D eigenvalue weighted by Gasteiger charge is -2.26. The summed E-state index contributed by atoms with van der Waals surface area (Å²) in [6, 6.07) is 6.62. The Morgan fingerprint density at radius 3 is 2.70 bits per heavy atom. The maximum absolute atomic E-state index is 11.4. The van der Waals surface area contributed by atoms with Gasteiger partial charge in [0.25, 0.3) is 0 Å². The van der Waals surface area contributed by atoms with Crippen LogP contribution in [0.4, 0.5) is 0 Å². The average Bonchev–Trinajstić information content (AvgIpc) is 2.80. The smallest absolute Gasteiger partial charge is 0.307 e. The Morgan fingerprint density at radius 2 is 1.95 bits per heavy atom. The molecule has 1 unspecified atom stereocenters. The van der Waals surface area contributed by atoms with Crippen molar-refractivity contribution >= 4 is 21.8 Å². The molecule has 1 aliphatic rings. The predicted octanol–water partition coefficient (Wildman–Crippen LogP) is 1.42. The van der Waals surface area contributed by atoms with Gasteiger partial charge in [-0.3, -0.25) is 4.21 Å². The second kappa shape index (κ2) is 5.54. The monoisotopic (exact) mass is 293 g/mol. The Labute approximate surface area is 119 Å². The minimum absolute atomic E-state index is 0.174. The Kier molecular flexibility index (Phi) is 3.76. The molecule has 3 N–H and O–H groups in total. The van der Waals surface area contributed by atoms with E-state index in [1.165, 1.54) is 0 Å². The third-order valence-corrected chi connectivity index (χ3v) is 5.30. The lowest BCUT2D eigenvalue weighted by molar-refractivity contribution is 0.427. The molecule has 1 aliphatic heterocycles. The minimum Gasteiger partial charge on any atom is -0.307 e. The first-order chi connectivity index (χ1) is 9.61. The van der Waals surface area contributed by atoms with E-state index in [1.807, 2.05) is 18.2 Å². The number of rotatable bonds is 3. The van der Waals surface area contributed by atoms with E-state index >= 15 is 0 Å². The van der Waals surface area contributed by atoms with E-state index < -0.39 is 10.8 Å². The van der Waals surface area contributed by atoms with Crippen molar-refractivity contribution in [1.82, 2.24) is 15.3 Å². The van der Waals surface area contributed by atoms with Gasteiger partial charge in [-0.1, -0.05) is 6.07 Å². The molecule has 1 aromatic heterocycles. The van der Waals surface area contributed by atoms with Crippen LogP contribution in [0.3, 0.4) is 0 Å². The predicted molar refractivity (Wildman–Crippen MR) is 81.4 cm³/mol. The number of aromatic amines is 2. The van der Waals surface area contributed by atoms with Crippen molar-refractivity contribution in [1.29, 1.82) is 0 Å². The van der Waals surface area contributed by atoms with Crippen molar-refractivity contribution < 1.29 is 4.21 Å². The second-order valence-corrected chi connectivity index (χ2v) is 7.09. The maximum atomic E-state index is 11.4. The van der Waals surface area contributed by atoms with Crippen molar-refractivity contribution in [2.24, 2.45) is 0 Å². The van der Waals surface area contributed by atoms with Crippen molar-refractivity contribution in [2.75, 3.05) is 11.5 Å². The van der Waals surface area contributed by atoms with E-state index in [4.69, 9.17) is 0 Å². The number of imidazole rings is 1. The lowest BCUT2D eigenvalue weighted by atomic mass is 10.0.